The molecule has 1 aliphatic heterocycles. The maximum Gasteiger partial charge on any atom is 0.289 e. The smallest absolute Gasteiger partial charge is 0.289 e. The average molecular weight is 439 g/mol. The van der Waals surface area contributed by atoms with E-state index in [-0.39, 0.29) is 30.5 Å². The number of rotatable bonds is 6. The number of carbonyl (C=O) groups excluding carboxylic acids is 2. The monoisotopic (exact) mass is 438 g/mol. The zero-order valence-electron chi connectivity index (χ0n) is 17.4. The van der Waals surface area contributed by atoms with Gasteiger partial charge in [0.05, 0.1) is 6.04 Å². The van der Waals surface area contributed by atoms with Crippen molar-refractivity contribution in [2.75, 3.05) is 13.1 Å². The molecule has 0 aromatic heterocycles. The summed E-state index contributed by atoms with van der Waals surface area (Å²) in [7, 11) is 0. The number of carbonyl (C=O) groups is 2. The van der Waals surface area contributed by atoms with Gasteiger partial charge in [-0.1, -0.05) is 60.5 Å². The number of nitrogens with one attached hydrogen (secondary N) is 1. The molecule has 31 heavy (non-hydrogen) atoms. The van der Waals surface area contributed by atoms with E-state index in [9.17, 15) is 9.59 Å². The largest absolute Gasteiger partial charge is 0.482 e. The van der Waals surface area contributed by atoms with Crippen molar-refractivity contribution >= 4 is 29.5 Å². The molecule has 6 heteroatoms. The van der Waals surface area contributed by atoms with Crippen LogP contribution in [-0.4, -0.2) is 41.9 Å². The van der Waals surface area contributed by atoms with Gasteiger partial charge in [-0.05, 0) is 55.0 Å². The SMILES string of the molecule is O=C(CN1C(=O)/C(=C\c2ccccc2)OC2CCCCC21)NCCc1ccc(Cl)cc1. The summed E-state index contributed by atoms with van der Waals surface area (Å²) in [6.07, 6.45) is 6.33. The van der Waals surface area contributed by atoms with Crippen LogP contribution in [0.4, 0.5) is 0 Å². The van der Waals surface area contributed by atoms with E-state index in [0.29, 0.717) is 23.7 Å². The van der Waals surface area contributed by atoms with Crippen molar-refractivity contribution in [2.45, 2.75) is 44.2 Å². The Morgan fingerprint density at radius 3 is 2.61 bits per heavy atom. The van der Waals surface area contributed by atoms with E-state index in [0.717, 1.165) is 36.8 Å². The molecule has 0 radical (unpaired) electrons. The molecule has 2 aromatic rings. The molecule has 1 heterocycles. The Morgan fingerprint density at radius 1 is 1.10 bits per heavy atom. The van der Waals surface area contributed by atoms with Gasteiger partial charge in [0.15, 0.2) is 5.76 Å². The molecule has 0 bridgehead atoms. The van der Waals surface area contributed by atoms with Crippen LogP contribution >= 0.6 is 11.6 Å². The number of ether oxygens (including phenoxy) is 1. The fraction of sp³-hybridized carbons (Fsp3) is 0.360. The van der Waals surface area contributed by atoms with Crippen molar-refractivity contribution in [3.63, 3.8) is 0 Å². The Labute approximate surface area is 188 Å². The standard InChI is InChI=1S/C25H27ClN2O3/c26-20-12-10-18(11-13-20)14-15-27-24(29)17-28-21-8-4-5-9-22(21)31-23(25(28)30)16-19-6-2-1-3-7-19/h1-3,6-7,10-13,16,21-22H,4-5,8-9,14-15,17H2,(H,27,29)/b23-16+. The van der Waals surface area contributed by atoms with Gasteiger partial charge in [-0.25, -0.2) is 0 Å². The molecule has 2 atom stereocenters. The van der Waals surface area contributed by atoms with Gasteiger partial charge in [0.2, 0.25) is 5.91 Å². The highest BCUT2D eigenvalue weighted by molar-refractivity contribution is 6.30. The van der Waals surface area contributed by atoms with Crippen LogP contribution in [-0.2, 0) is 20.7 Å². The van der Waals surface area contributed by atoms with Crippen molar-refractivity contribution in [3.8, 4) is 0 Å². The summed E-state index contributed by atoms with van der Waals surface area (Å²) >= 11 is 5.92. The summed E-state index contributed by atoms with van der Waals surface area (Å²) in [5.74, 6) is -0.0317. The molecule has 1 N–H and O–H groups in total. The lowest BCUT2D eigenvalue weighted by Gasteiger charge is -2.44. The fourth-order valence-corrected chi connectivity index (χ4v) is 4.40. The molecule has 4 rings (SSSR count). The number of fused-ring (bicyclic) bond motifs is 1. The summed E-state index contributed by atoms with van der Waals surface area (Å²) in [5.41, 5.74) is 2.01. The third kappa shape index (κ3) is 5.47. The summed E-state index contributed by atoms with van der Waals surface area (Å²) in [6.45, 7) is 0.565. The van der Waals surface area contributed by atoms with E-state index >= 15 is 0 Å². The molecule has 2 unspecified atom stereocenters. The molecule has 2 aliphatic rings. The third-order valence-corrected chi connectivity index (χ3v) is 6.13. The molecule has 2 amide bonds. The van der Waals surface area contributed by atoms with Crippen molar-refractivity contribution < 1.29 is 14.3 Å². The van der Waals surface area contributed by atoms with Crippen LogP contribution in [0.5, 0.6) is 0 Å². The summed E-state index contributed by atoms with van der Waals surface area (Å²) in [6, 6.07) is 17.2. The molecule has 0 spiro atoms. The average Bonchev–Trinajstić information content (AvgIpc) is 2.79. The van der Waals surface area contributed by atoms with Crippen molar-refractivity contribution in [2.24, 2.45) is 0 Å². The van der Waals surface area contributed by atoms with Crippen LogP contribution in [0, 0.1) is 0 Å². The predicted molar refractivity (Wildman–Crippen MR) is 121 cm³/mol. The van der Waals surface area contributed by atoms with Crippen molar-refractivity contribution in [1.82, 2.24) is 10.2 Å². The van der Waals surface area contributed by atoms with Gasteiger partial charge in [-0.2, -0.15) is 0 Å². The first kappa shape index (κ1) is 21.4. The second-order valence-electron chi connectivity index (χ2n) is 8.09. The Hall–Kier alpha value is -2.79. The fourth-order valence-electron chi connectivity index (χ4n) is 4.27. The van der Waals surface area contributed by atoms with Crippen LogP contribution in [0.3, 0.4) is 0 Å². The molecule has 1 aliphatic carbocycles. The molecule has 2 aromatic carbocycles. The second kappa shape index (κ2) is 10.0. The summed E-state index contributed by atoms with van der Waals surface area (Å²) in [5, 5.41) is 3.64. The van der Waals surface area contributed by atoms with Gasteiger partial charge in [0.25, 0.3) is 5.91 Å². The van der Waals surface area contributed by atoms with E-state index in [1.54, 1.807) is 11.0 Å². The first-order chi connectivity index (χ1) is 15.1. The van der Waals surface area contributed by atoms with Crippen LogP contribution in [0.2, 0.25) is 5.02 Å². The van der Waals surface area contributed by atoms with Gasteiger partial charge in [-0.15, -0.1) is 0 Å². The van der Waals surface area contributed by atoms with Gasteiger partial charge < -0.3 is 15.0 Å². The predicted octanol–water partition coefficient (Wildman–Crippen LogP) is 4.21. The lowest BCUT2D eigenvalue weighted by Crippen LogP contribution is -2.57. The summed E-state index contributed by atoms with van der Waals surface area (Å²) < 4.78 is 6.09. The minimum Gasteiger partial charge on any atom is -0.482 e. The molecular weight excluding hydrogens is 412 g/mol. The summed E-state index contributed by atoms with van der Waals surface area (Å²) in [4.78, 5) is 27.5. The highest BCUT2D eigenvalue weighted by Crippen LogP contribution is 2.33. The minimum absolute atomic E-state index is 0.0452. The van der Waals surface area contributed by atoms with Gasteiger partial charge in [-0.3, -0.25) is 9.59 Å². The second-order valence-corrected chi connectivity index (χ2v) is 8.52. The maximum absolute atomic E-state index is 13.2. The normalized spacial score (nSPS) is 22.0. The highest BCUT2D eigenvalue weighted by Gasteiger charge is 2.42. The highest BCUT2D eigenvalue weighted by atomic mass is 35.5. The molecule has 2 fully saturated rings. The number of amides is 2. The van der Waals surface area contributed by atoms with E-state index in [1.807, 2.05) is 54.6 Å². The van der Waals surface area contributed by atoms with Crippen molar-refractivity contribution in [3.05, 3.63) is 76.5 Å². The van der Waals surface area contributed by atoms with Gasteiger partial charge in [0, 0.05) is 11.6 Å². The van der Waals surface area contributed by atoms with E-state index < -0.39 is 0 Å². The van der Waals surface area contributed by atoms with E-state index in [1.165, 1.54) is 0 Å². The topological polar surface area (TPSA) is 58.6 Å². The zero-order chi connectivity index (χ0) is 21.6. The Morgan fingerprint density at radius 2 is 1.84 bits per heavy atom. The number of hydrogen-bond acceptors (Lipinski definition) is 3. The van der Waals surface area contributed by atoms with Crippen LogP contribution < -0.4 is 5.32 Å². The Bertz CT molecular complexity index is 943. The lowest BCUT2D eigenvalue weighted by atomic mass is 9.89. The van der Waals surface area contributed by atoms with Crippen LogP contribution in [0.25, 0.3) is 6.08 Å². The number of benzene rings is 2. The number of morpholine rings is 1. The maximum atomic E-state index is 13.2. The first-order valence-corrected chi connectivity index (χ1v) is 11.2. The van der Waals surface area contributed by atoms with Crippen LogP contribution in [0.15, 0.2) is 60.4 Å². The number of halogens is 1. The molecule has 1 saturated carbocycles. The van der Waals surface area contributed by atoms with Crippen LogP contribution in [0.1, 0.15) is 36.8 Å². The van der Waals surface area contributed by atoms with E-state index in [4.69, 9.17) is 16.3 Å². The van der Waals surface area contributed by atoms with Crippen molar-refractivity contribution in [1.29, 1.82) is 0 Å². The van der Waals surface area contributed by atoms with Gasteiger partial charge >= 0.3 is 0 Å². The minimum atomic E-state index is -0.208. The Kier molecular flexibility index (Phi) is 6.92. The molecular formula is C25H27ClN2O3. The zero-order valence-corrected chi connectivity index (χ0v) is 18.2. The van der Waals surface area contributed by atoms with E-state index in [2.05, 4.69) is 5.32 Å². The quantitative estimate of drug-likeness (QED) is 0.687. The Balaban J connectivity index is 1.41. The lowest BCUT2D eigenvalue weighted by molar-refractivity contribution is -0.151. The third-order valence-electron chi connectivity index (χ3n) is 5.88. The molecule has 1 saturated heterocycles. The number of hydrogen-bond donors (Lipinski definition) is 1. The molecule has 5 nitrogen and oxygen atoms in total. The molecule has 162 valence electrons. The first-order valence-electron chi connectivity index (χ1n) is 10.9. The van der Waals surface area contributed by atoms with Gasteiger partial charge in [0.1, 0.15) is 12.6 Å². The number of nitrogens with zero attached hydrogens (tertiary/aromatic N) is 1.